The molecule has 0 aromatic heterocycles. The molecule has 1 rings (SSSR count). The van der Waals surface area contributed by atoms with Gasteiger partial charge in [-0.05, 0) is 251 Å². The number of unbranched alkanes of at least 4 members (excludes halogenated alkanes) is 6. The molecule has 9 atom stereocenters. The van der Waals surface area contributed by atoms with Crippen molar-refractivity contribution >= 4 is 0 Å². The lowest BCUT2D eigenvalue weighted by Gasteiger charge is -2.33. The van der Waals surface area contributed by atoms with Crippen molar-refractivity contribution in [3.63, 3.8) is 0 Å². The number of rotatable bonds is 36. The first kappa shape index (κ1) is 175. The molecule has 1 fully saturated rings. The summed E-state index contributed by atoms with van der Waals surface area (Å²) >= 11 is 0. The van der Waals surface area contributed by atoms with Gasteiger partial charge in [0, 0.05) is 80.8 Å². The Morgan fingerprint density at radius 1 is 0.268 bits per heavy atom. The number of ether oxygens (including phenoxy) is 6. The molecule has 0 heterocycles. The Morgan fingerprint density at radius 2 is 0.479 bits per heavy atom. The number of hydrogen-bond acceptors (Lipinski definition) is 6. The Labute approximate surface area is 912 Å². The Balaban J connectivity index is -0.0000000941. The summed E-state index contributed by atoms with van der Waals surface area (Å²) in [5.41, 5.74) is 8.39. The maximum absolute atomic E-state index is 5.30. The fourth-order valence-electron chi connectivity index (χ4n) is 11.9. The van der Waals surface area contributed by atoms with Crippen molar-refractivity contribution in [1.29, 1.82) is 0 Å². The highest BCUT2D eigenvalue weighted by Gasteiger charge is 2.28. The number of methoxy groups -OCH3 is 3. The van der Waals surface area contributed by atoms with Gasteiger partial charge in [0.25, 0.3) is 0 Å². The van der Waals surface area contributed by atoms with Gasteiger partial charge in [0.2, 0.25) is 0 Å². The summed E-state index contributed by atoms with van der Waals surface area (Å²) in [6, 6.07) is 0. The first-order chi connectivity index (χ1) is 62.8. The van der Waals surface area contributed by atoms with Crippen molar-refractivity contribution < 1.29 is 28.4 Å². The minimum Gasteiger partial charge on any atom is -0.385 e. The minimum absolute atomic E-state index is 0. The number of hydrogen-bond donors (Lipinski definition) is 0. The second-order valence-electron chi connectivity index (χ2n) is 61.2. The predicted molar refractivity (Wildman–Crippen MR) is 667 cm³/mol. The van der Waals surface area contributed by atoms with Gasteiger partial charge in [0.15, 0.2) is 0 Å². The first-order valence-electron chi connectivity index (χ1n) is 59.7. The zero-order valence-electron chi connectivity index (χ0n) is 114. The SMILES string of the molecule is C.C=C(C)C(C)(C)C.CC(C)(C)C.CC(C)(C)C1CCCCC1.CC(C)C(C)(C)C.CC(C)CC(C)(C)C.CCC(C)(C)C.CCC(C)C(C)(C)C.CCC(C)C(C)(C)C.CCCCCCCC(C)C(C)(C)C.CCOCCC(C)C(C)(C)C.CCOCCCC(C)C(C)(C)C.CCOCCCCC(C)C(C)(C)C.COCCC(C)C(C)(C)C.COCCCC(C)C(C)(C)C.COCCCCC(C)C(C)(C)C. The zero-order chi connectivity index (χ0) is 116. The van der Waals surface area contributed by atoms with Crippen LogP contribution in [0.1, 0.15) is 645 Å². The molecule has 1 aliphatic carbocycles. The van der Waals surface area contributed by atoms with Crippen LogP contribution in [0.5, 0.6) is 0 Å². The molecule has 0 radical (unpaired) electrons. The van der Waals surface area contributed by atoms with Gasteiger partial charge in [-0.1, -0.05) is 559 Å². The van der Waals surface area contributed by atoms with Gasteiger partial charge < -0.3 is 28.4 Å². The molecule has 880 valence electrons. The Kier molecular flexibility index (Phi) is 116. The van der Waals surface area contributed by atoms with Crippen molar-refractivity contribution in [2.75, 3.05) is 80.8 Å². The summed E-state index contributed by atoms with van der Waals surface area (Å²) in [6.07, 6.45) is 36.0. The van der Waals surface area contributed by atoms with Crippen LogP contribution in [-0.2, 0) is 28.4 Å². The van der Waals surface area contributed by atoms with Crippen LogP contribution in [0.4, 0.5) is 0 Å². The monoisotopic (exact) mass is 2030 g/mol. The van der Waals surface area contributed by atoms with E-state index in [0.29, 0.717) is 81.2 Å². The molecular weight excluding hydrogens is 1730 g/mol. The number of allylic oxidation sites excluding steroid dienone is 1. The van der Waals surface area contributed by atoms with Crippen LogP contribution < -0.4 is 0 Å². The van der Waals surface area contributed by atoms with Crippen LogP contribution in [0.3, 0.4) is 0 Å². The summed E-state index contributed by atoms with van der Waals surface area (Å²) in [5, 5.41) is 0. The first-order valence-corrected chi connectivity index (χ1v) is 59.7. The molecule has 0 aromatic carbocycles. The van der Waals surface area contributed by atoms with Gasteiger partial charge >= 0.3 is 0 Å². The average molecular weight is 2030 g/mol. The normalized spacial score (nSPS) is 14.8. The molecule has 0 spiro atoms. The lowest BCUT2D eigenvalue weighted by atomic mass is 9.72. The predicted octanol–water partition coefficient (Wildman–Crippen LogP) is 48.0. The molecule has 0 saturated heterocycles. The Hall–Kier alpha value is -0.500. The molecule has 6 heteroatoms. The average Bonchev–Trinajstić information content (AvgIpc) is 0.868. The van der Waals surface area contributed by atoms with Crippen LogP contribution in [0.15, 0.2) is 12.2 Å². The molecule has 0 N–H and O–H groups in total. The summed E-state index contributed by atoms with van der Waals surface area (Å²) in [7, 11) is 5.30. The Morgan fingerprint density at radius 3 is 0.662 bits per heavy atom. The summed E-state index contributed by atoms with van der Waals surface area (Å²) in [4.78, 5) is 0. The lowest BCUT2D eigenvalue weighted by molar-refractivity contribution is 0.112. The van der Waals surface area contributed by atoms with Crippen molar-refractivity contribution in [1.82, 2.24) is 0 Å². The molecule has 0 aromatic rings. The van der Waals surface area contributed by atoms with E-state index in [1.54, 1.807) is 21.3 Å². The highest BCUT2D eigenvalue weighted by Crippen LogP contribution is 2.39. The van der Waals surface area contributed by atoms with Gasteiger partial charge in [0.05, 0.1) is 0 Å². The molecule has 6 nitrogen and oxygen atoms in total. The van der Waals surface area contributed by atoms with E-state index in [0.717, 1.165) is 130 Å². The molecule has 142 heavy (non-hydrogen) atoms. The lowest BCUT2D eigenvalue weighted by Crippen LogP contribution is -2.22. The molecular formula is C136H300O6. The fraction of sp³-hybridized carbons (Fsp3) is 0.985. The zero-order valence-corrected chi connectivity index (χ0v) is 114. The summed E-state index contributed by atoms with van der Waals surface area (Å²) < 4.78 is 30.9. The third-order valence-corrected chi connectivity index (χ3v) is 30.6. The maximum Gasteiger partial charge on any atom is 0.0468 e. The van der Waals surface area contributed by atoms with Crippen molar-refractivity contribution in [3.8, 4) is 0 Å². The minimum atomic E-state index is 0. The van der Waals surface area contributed by atoms with Crippen molar-refractivity contribution in [2.45, 2.75) is 645 Å². The van der Waals surface area contributed by atoms with Gasteiger partial charge in [-0.2, -0.15) is 0 Å². The molecule has 9 unspecified atom stereocenters. The molecule has 0 aliphatic heterocycles. The fourth-order valence-corrected chi connectivity index (χ4v) is 11.9. The Bertz CT molecular complexity index is 2360. The molecule has 0 bridgehead atoms. The standard InChI is InChI=1S/C13H28.C12H26O.2C11H24O.2C10H22O.C10H20.C9H20O.3C8H18.C7H16.C7H14.C6H14.C5H12.CH4/c1-6-7-8-9-10-11-12(2)13(3,4)5;1-6-13-10-8-7-9-11(2)12(3,4)5;1-10(11(2,3)4)8-6-7-9-12-5;1-6-12-9-7-8-10(2)11(3,4)5;1-9(10(2,3)4)7-6-8-11-5;1-6-11-8-7-9(2)10(3,4)5;1-10(2,3)9-7-5-4-6-8-9;1-8(6-7-10-5)9(2,3)4;1-7(2)6-8(3,4)5;2*1-6-7(2)8(3,4)5;2*1-6(2)7(3,4)5;1-5-6(2,3)4;1-5(2,3)4;/h12H,6-11H2,1-5H3;11H,6-10H2,1-5H3;2*10H,6-9H2,1-5H3;2*9H,6-8H2,1-5H3;9H,4-8H2,1-3H3;8H,6-7H2,1-5H3;3*7H,6H2,1-5H3;6H,1-5H3;1H2,2-5H3;5H2,1-4H3;1-4H3;1H4. The molecule has 1 saturated carbocycles. The highest BCUT2D eigenvalue weighted by atomic mass is 16.5. The highest BCUT2D eigenvalue weighted by molar-refractivity contribution is 5.00. The van der Waals surface area contributed by atoms with E-state index in [9.17, 15) is 0 Å². The van der Waals surface area contributed by atoms with E-state index >= 15 is 0 Å². The maximum atomic E-state index is 5.30. The topological polar surface area (TPSA) is 55.4 Å². The van der Waals surface area contributed by atoms with Gasteiger partial charge in [-0.15, -0.1) is 0 Å². The van der Waals surface area contributed by atoms with Crippen LogP contribution in [0.25, 0.3) is 0 Å². The quantitative estimate of drug-likeness (QED) is 0.0460. The third-order valence-electron chi connectivity index (χ3n) is 30.6. The van der Waals surface area contributed by atoms with Crippen LogP contribution >= 0.6 is 0 Å². The smallest absolute Gasteiger partial charge is 0.0468 e. The summed E-state index contributed by atoms with van der Waals surface area (Å²) in [5.74, 6) is 9.91. The van der Waals surface area contributed by atoms with Crippen LogP contribution in [0.2, 0.25) is 0 Å². The summed E-state index contributed by atoms with van der Waals surface area (Å²) in [6.45, 7) is 164. The second-order valence-corrected chi connectivity index (χ2v) is 61.2. The van der Waals surface area contributed by atoms with Crippen LogP contribution in [0, 0.1) is 152 Å². The van der Waals surface area contributed by atoms with Crippen LogP contribution in [-0.4, -0.2) is 80.8 Å². The van der Waals surface area contributed by atoms with E-state index < -0.39 is 0 Å². The van der Waals surface area contributed by atoms with E-state index in [-0.39, 0.29) is 7.43 Å². The van der Waals surface area contributed by atoms with Crippen molar-refractivity contribution in [2.24, 2.45) is 152 Å². The van der Waals surface area contributed by atoms with Gasteiger partial charge in [-0.3, -0.25) is 0 Å². The van der Waals surface area contributed by atoms with E-state index in [1.165, 1.54) is 179 Å². The third kappa shape index (κ3) is 155. The van der Waals surface area contributed by atoms with E-state index in [4.69, 9.17) is 28.4 Å². The van der Waals surface area contributed by atoms with Gasteiger partial charge in [-0.25, -0.2) is 0 Å². The molecule has 0 amide bonds. The van der Waals surface area contributed by atoms with E-state index in [1.807, 2.05) is 13.8 Å². The largest absolute Gasteiger partial charge is 0.385 e. The molecule has 1 aliphatic rings. The second kappa shape index (κ2) is 94.1. The van der Waals surface area contributed by atoms with Crippen molar-refractivity contribution in [3.05, 3.63) is 12.2 Å². The van der Waals surface area contributed by atoms with Gasteiger partial charge in [0.1, 0.15) is 0 Å². The van der Waals surface area contributed by atoms with E-state index in [2.05, 4.69) is 457 Å².